The summed E-state index contributed by atoms with van der Waals surface area (Å²) in [6.45, 7) is 1.36. The minimum absolute atomic E-state index is 0.00700. The van der Waals surface area contributed by atoms with Crippen molar-refractivity contribution in [3.63, 3.8) is 0 Å². The highest BCUT2D eigenvalue weighted by atomic mass is 127. The van der Waals surface area contributed by atoms with E-state index in [-0.39, 0.29) is 28.9 Å². The summed E-state index contributed by atoms with van der Waals surface area (Å²) in [5.74, 6) is -3.11. The van der Waals surface area contributed by atoms with Gasteiger partial charge in [0.15, 0.2) is 0 Å². The van der Waals surface area contributed by atoms with Crippen LogP contribution in [-0.2, 0) is 14.4 Å². The molecule has 0 fully saturated rings. The molecule has 0 saturated carbocycles. The first-order valence-corrected chi connectivity index (χ1v) is 11.5. The van der Waals surface area contributed by atoms with Gasteiger partial charge >= 0.3 is 11.9 Å². The average molecular weight is 732 g/mol. The lowest BCUT2D eigenvalue weighted by Crippen LogP contribution is -2.32. The number of aliphatic carboxylic acids is 1. The maximum Gasteiger partial charge on any atom is 0.338 e. The Labute approximate surface area is 200 Å². The van der Waals surface area contributed by atoms with Crippen molar-refractivity contribution in [1.29, 1.82) is 0 Å². The molecule has 0 aliphatic carbocycles. The predicted octanol–water partition coefficient (Wildman–Crippen LogP) is 2.96. The van der Waals surface area contributed by atoms with Crippen molar-refractivity contribution in [1.82, 2.24) is 0 Å². The number of nitrogens with zero attached hydrogens (tertiary/aromatic N) is 2. The van der Waals surface area contributed by atoms with Gasteiger partial charge in [-0.2, -0.15) is 0 Å². The molecule has 1 aromatic rings. The van der Waals surface area contributed by atoms with E-state index < -0.39 is 11.9 Å². The molecule has 148 valence electrons. The van der Waals surface area contributed by atoms with Gasteiger partial charge in [0, 0.05) is 21.0 Å². The molecule has 0 radical (unpaired) electrons. The third kappa shape index (κ3) is 5.81. The van der Waals surface area contributed by atoms with Gasteiger partial charge in [-0.05, 0) is 67.8 Å². The zero-order valence-corrected chi connectivity index (χ0v) is 21.7. The van der Waals surface area contributed by atoms with E-state index in [4.69, 9.17) is 5.11 Å². The van der Waals surface area contributed by atoms with E-state index in [2.05, 4.69) is 0 Å². The van der Waals surface area contributed by atoms with Crippen molar-refractivity contribution in [3.05, 3.63) is 16.3 Å². The first kappa shape index (κ1) is 24.7. The second-order valence-corrected chi connectivity index (χ2v) is 9.46. The fourth-order valence-electron chi connectivity index (χ4n) is 2.02. The molecule has 0 spiro atoms. The van der Waals surface area contributed by atoms with Gasteiger partial charge in [0.25, 0.3) is 0 Å². The first-order chi connectivity index (χ1) is 12.4. The fraction of sp³-hybridized carbons (Fsp3) is 0.333. The summed E-state index contributed by atoms with van der Waals surface area (Å²) < 4.78 is 1.33. The van der Waals surface area contributed by atoms with Crippen LogP contribution in [0.5, 0.6) is 0 Å². The largest absolute Gasteiger partial charge is 0.481 e. The van der Waals surface area contributed by atoms with Crippen molar-refractivity contribution in [3.8, 4) is 0 Å². The highest BCUT2D eigenvalue weighted by Gasteiger charge is 2.30. The van der Waals surface area contributed by atoms with Gasteiger partial charge < -0.3 is 20.0 Å². The highest BCUT2D eigenvalue weighted by molar-refractivity contribution is 14.1. The predicted molar refractivity (Wildman–Crippen MR) is 129 cm³/mol. The third-order valence-corrected chi connectivity index (χ3v) is 7.48. The minimum atomic E-state index is -1.17. The van der Waals surface area contributed by atoms with Crippen molar-refractivity contribution in [2.75, 3.05) is 35.4 Å². The van der Waals surface area contributed by atoms with Crippen LogP contribution in [0.15, 0.2) is 0 Å². The Balaban J connectivity index is 3.53. The molecule has 8 nitrogen and oxygen atoms in total. The Bertz CT molecular complexity index is 817. The molecule has 0 bridgehead atoms. The summed E-state index contributed by atoms with van der Waals surface area (Å²) in [5, 5.41) is 18.3. The van der Waals surface area contributed by atoms with Crippen molar-refractivity contribution >= 4 is 115 Å². The van der Waals surface area contributed by atoms with Crippen LogP contribution in [-0.4, -0.2) is 59.6 Å². The molecule has 0 atom stereocenters. The molecule has 12 heteroatoms. The molecule has 2 N–H and O–H groups in total. The van der Waals surface area contributed by atoms with Crippen molar-refractivity contribution in [2.45, 2.75) is 6.92 Å². The number of carboxylic acid groups (broad SMARTS) is 2. The van der Waals surface area contributed by atoms with E-state index in [0.717, 1.165) is 11.8 Å². The number of aromatic carboxylic acids is 1. The molecule has 0 heterocycles. The van der Waals surface area contributed by atoms with Crippen LogP contribution in [0.4, 0.5) is 11.4 Å². The smallest absolute Gasteiger partial charge is 0.338 e. The number of thioether (sulfide) groups is 1. The van der Waals surface area contributed by atoms with Crippen LogP contribution >= 0.6 is 79.5 Å². The lowest BCUT2D eigenvalue weighted by Gasteiger charge is -2.27. The van der Waals surface area contributed by atoms with Gasteiger partial charge in [-0.1, -0.05) is 0 Å². The Morgan fingerprint density at radius 2 is 1.37 bits per heavy atom. The molecule has 0 saturated heterocycles. The third-order valence-electron chi connectivity index (χ3n) is 3.45. The number of halogens is 3. The molecule has 1 aromatic carbocycles. The molecule has 27 heavy (non-hydrogen) atoms. The summed E-state index contributed by atoms with van der Waals surface area (Å²) in [5.41, 5.74) is 0.792. The maximum atomic E-state index is 12.5. The second-order valence-electron chi connectivity index (χ2n) is 5.24. The summed E-state index contributed by atoms with van der Waals surface area (Å²) >= 11 is 6.70. The zero-order chi connectivity index (χ0) is 21.0. The number of hydrogen-bond acceptors (Lipinski definition) is 5. The molecule has 0 aliphatic heterocycles. The summed E-state index contributed by atoms with van der Waals surface area (Å²) in [4.78, 5) is 49.4. The van der Waals surface area contributed by atoms with Crippen LogP contribution < -0.4 is 9.80 Å². The summed E-state index contributed by atoms with van der Waals surface area (Å²) in [7, 11) is 3.04. The van der Waals surface area contributed by atoms with E-state index >= 15 is 0 Å². The Kier molecular flexibility index (Phi) is 9.53. The van der Waals surface area contributed by atoms with E-state index in [1.165, 1.54) is 30.8 Å². The van der Waals surface area contributed by atoms with Crippen molar-refractivity contribution in [2.24, 2.45) is 0 Å². The van der Waals surface area contributed by atoms with Gasteiger partial charge in [0.05, 0.1) is 39.2 Å². The summed E-state index contributed by atoms with van der Waals surface area (Å²) in [6, 6.07) is 0. The molecule has 1 rings (SSSR count). The molecule has 2 amide bonds. The molecule has 0 unspecified atom stereocenters. The number of carbonyl (C=O) groups is 4. The number of carbonyl (C=O) groups excluding carboxylic acids is 2. The SMILES string of the molecule is CC(=O)N(C)c1c(I)c(C(=O)O)c(I)c(N(C)C(=O)CSCC(=O)O)c1I. The molecule has 0 aliphatic rings. The van der Waals surface area contributed by atoms with Gasteiger partial charge in [0.1, 0.15) is 0 Å². The Morgan fingerprint density at radius 1 is 0.889 bits per heavy atom. The zero-order valence-electron chi connectivity index (χ0n) is 14.4. The quantitative estimate of drug-likeness (QED) is 0.415. The number of carboxylic acids is 2. The normalized spacial score (nSPS) is 10.4. The topological polar surface area (TPSA) is 115 Å². The van der Waals surface area contributed by atoms with Crippen LogP contribution in [0, 0.1) is 10.7 Å². The van der Waals surface area contributed by atoms with Gasteiger partial charge in [0.2, 0.25) is 11.8 Å². The van der Waals surface area contributed by atoms with Crippen LogP contribution in [0.3, 0.4) is 0 Å². The minimum Gasteiger partial charge on any atom is -0.481 e. The van der Waals surface area contributed by atoms with Crippen LogP contribution in [0.1, 0.15) is 17.3 Å². The molecule has 0 aromatic heterocycles. The van der Waals surface area contributed by atoms with E-state index in [9.17, 15) is 24.3 Å². The lowest BCUT2D eigenvalue weighted by atomic mass is 10.1. The standard InChI is InChI=1S/C15H15I3N2O6S/c1-6(21)19(2)13-10(16)9(15(25)26)11(17)14(12(13)18)20(3)7(22)4-27-5-8(23)24/h4-5H2,1-3H3,(H,23,24)(H,25,26). The number of hydrogen-bond donors (Lipinski definition) is 2. The van der Waals surface area contributed by atoms with Gasteiger partial charge in [-0.3, -0.25) is 14.4 Å². The van der Waals surface area contributed by atoms with Crippen molar-refractivity contribution < 1.29 is 29.4 Å². The molecular weight excluding hydrogens is 717 g/mol. The number of benzene rings is 1. The van der Waals surface area contributed by atoms with E-state index in [0.29, 0.717) is 22.1 Å². The van der Waals surface area contributed by atoms with E-state index in [1.807, 2.05) is 67.8 Å². The first-order valence-electron chi connectivity index (χ1n) is 7.15. The Morgan fingerprint density at radius 3 is 1.78 bits per heavy atom. The lowest BCUT2D eigenvalue weighted by molar-refractivity contribution is -0.133. The van der Waals surface area contributed by atoms with Crippen LogP contribution in [0.2, 0.25) is 0 Å². The maximum absolute atomic E-state index is 12.5. The van der Waals surface area contributed by atoms with Crippen LogP contribution in [0.25, 0.3) is 0 Å². The fourth-order valence-corrected chi connectivity index (χ4v) is 7.74. The number of rotatable bonds is 7. The highest BCUT2D eigenvalue weighted by Crippen LogP contribution is 2.42. The summed E-state index contributed by atoms with van der Waals surface area (Å²) in [6.07, 6.45) is 0. The van der Waals surface area contributed by atoms with E-state index in [1.54, 1.807) is 0 Å². The average Bonchev–Trinajstić information content (AvgIpc) is 2.53. The Hall–Kier alpha value is -0.360. The number of amides is 2. The number of anilines is 2. The second kappa shape index (κ2) is 10.4. The van der Waals surface area contributed by atoms with Gasteiger partial charge in [-0.25, -0.2) is 4.79 Å². The molecular formula is C15H15I3N2O6S. The van der Waals surface area contributed by atoms with Gasteiger partial charge in [-0.15, -0.1) is 11.8 Å². The monoisotopic (exact) mass is 732 g/mol.